The number of ether oxygens (including phenoxy) is 1. The van der Waals surface area contributed by atoms with Gasteiger partial charge in [-0.05, 0) is 37.1 Å². The Morgan fingerprint density at radius 3 is 2.64 bits per heavy atom. The largest absolute Gasteiger partial charge is 0.497 e. The lowest BCUT2D eigenvalue weighted by molar-refractivity contribution is 0.415. The first-order valence-electron chi connectivity index (χ1n) is 7.98. The van der Waals surface area contributed by atoms with Gasteiger partial charge in [-0.3, -0.25) is 0 Å². The number of rotatable bonds is 5. The molecular formula is C20H23NO. The summed E-state index contributed by atoms with van der Waals surface area (Å²) in [6.45, 7) is 5.51. The molecule has 0 fully saturated rings. The molecule has 0 aliphatic heterocycles. The summed E-state index contributed by atoms with van der Waals surface area (Å²) in [5, 5.41) is 1.34. The molecule has 0 saturated heterocycles. The molecule has 1 heterocycles. The van der Waals surface area contributed by atoms with Gasteiger partial charge in [0.1, 0.15) is 5.75 Å². The Morgan fingerprint density at radius 2 is 1.86 bits per heavy atom. The zero-order valence-corrected chi connectivity index (χ0v) is 13.6. The molecule has 0 aliphatic carbocycles. The minimum Gasteiger partial charge on any atom is -0.497 e. The highest BCUT2D eigenvalue weighted by Crippen LogP contribution is 2.34. The smallest absolute Gasteiger partial charge is 0.119 e. The van der Waals surface area contributed by atoms with Gasteiger partial charge in [0.2, 0.25) is 0 Å². The van der Waals surface area contributed by atoms with Gasteiger partial charge in [0.25, 0.3) is 0 Å². The number of aryl methyl sites for hydroxylation is 2. The lowest BCUT2D eigenvalue weighted by atomic mass is 10.1. The van der Waals surface area contributed by atoms with Crippen molar-refractivity contribution in [3.8, 4) is 17.0 Å². The third-order valence-corrected chi connectivity index (χ3v) is 4.30. The van der Waals surface area contributed by atoms with E-state index in [0.717, 1.165) is 12.3 Å². The average Bonchev–Trinajstić information content (AvgIpc) is 2.85. The first-order valence-corrected chi connectivity index (χ1v) is 7.98. The van der Waals surface area contributed by atoms with Gasteiger partial charge in [0.15, 0.2) is 0 Å². The summed E-state index contributed by atoms with van der Waals surface area (Å²) in [6.07, 6.45) is 2.39. The van der Waals surface area contributed by atoms with E-state index in [2.05, 4.69) is 60.9 Å². The van der Waals surface area contributed by atoms with Crippen LogP contribution in [-0.4, -0.2) is 11.7 Å². The van der Waals surface area contributed by atoms with Crippen LogP contribution in [0, 0.1) is 6.92 Å². The van der Waals surface area contributed by atoms with Crippen molar-refractivity contribution in [1.82, 2.24) is 4.57 Å². The Bertz CT molecular complexity index is 786. The highest BCUT2D eigenvalue weighted by atomic mass is 16.5. The van der Waals surface area contributed by atoms with E-state index in [-0.39, 0.29) is 0 Å². The summed E-state index contributed by atoms with van der Waals surface area (Å²) in [5.74, 6) is 0.907. The third-order valence-electron chi connectivity index (χ3n) is 4.30. The summed E-state index contributed by atoms with van der Waals surface area (Å²) in [4.78, 5) is 0. The predicted octanol–water partition coefficient (Wildman–Crippen LogP) is 5.43. The third kappa shape index (κ3) is 2.50. The highest BCUT2D eigenvalue weighted by molar-refractivity contribution is 5.91. The van der Waals surface area contributed by atoms with Gasteiger partial charge < -0.3 is 9.30 Å². The van der Waals surface area contributed by atoms with E-state index in [0.29, 0.717) is 0 Å². The van der Waals surface area contributed by atoms with Gasteiger partial charge in [-0.2, -0.15) is 0 Å². The Hall–Kier alpha value is -2.22. The summed E-state index contributed by atoms with van der Waals surface area (Å²) in [7, 11) is 1.72. The number of para-hydroxylation sites is 1. The number of hydrogen-bond donors (Lipinski definition) is 0. The number of nitrogens with zero attached hydrogens (tertiary/aromatic N) is 1. The molecule has 2 heteroatoms. The number of methoxy groups -OCH3 is 1. The van der Waals surface area contributed by atoms with Crippen molar-refractivity contribution in [3.63, 3.8) is 0 Å². The molecule has 0 atom stereocenters. The Balaban J connectivity index is 2.24. The fourth-order valence-corrected chi connectivity index (χ4v) is 3.17. The topological polar surface area (TPSA) is 14.2 Å². The van der Waals surface area contributed by atoms with E-state index >= 15 is 0 Å². The average molecular weight is 293 g/mol. The molecule has 0 radical (unpaired) electrons. The molecular weight excluding hydrogens is 270 g/mol. The highest BCUT2D eigenvalue weighted by Gasteiger charge is 2.15. The minimum atomic E-state index is 0.907. The maximum Gasteiger partial charge on any atom is 0.119 e. The van der Waals surface area contributed by atoms with Gasteiger partial charge in [-0.1, -0.05) is 43.7 Å². The second-order valence-electron chi connectivity index (χ2n) is 5.73. The molecule has 3 rings (SSSR count). The van der Waals surface area contributed by atoms with Crippen molar-refractivity contribution in [2.45, 2.75) is 33.2 Å². The van der Waals surface area contributed by atoms with E-state index < -0.39 is 0 Å². The van der Waals surface area contributed by atoms with Crippen LogP contribution < -0.4 is 4.74 Å². The molecule has 0 spiro atoms. The van der Waals surface area contributed by atoms with E-state index in [4.69, 9.17) is 4.74 Å². The first kappa shape index (κ1) is 14.7. The number of fused-ring (bicyclic) bond motifs is 1. The quantitative estimate of drug-likeness (QED) is 0.612. The maximum atomic E-state index is 5.40. The maximum absolute atomic E-state index is 5.40. The van der Waals surface area contributed by atoms with Crippen LogP contribution in [0.25, 0.3) is 22.2 Å². The van der Waals surface area contributed by atoms with Crippen LogP contribution in [-0.2, 0) is 6.54 Å². The normalized spacial score (nSPS) is 11.0. The van der Waals surface area contributed by atoms with E-state index in [1.807, 2.05) is 6.07 Å². The fraction of sp³-hybridized carbons (Fsp3) is 0.300. The van der Waals surface area contributed by atoms with E-state index in [1.54, 1.807) is 7.11 Å². The van der Waals surface area contributed by atoms with Crippen molar-refractivity contribution in [2.24, 2.45) is 0 Å². The number of aromatic nitrogens is 1. The second-order valence-corrected chi connectivity index (χ2v) is 5.73. The SMILES string of the molecule is CCCCn1c(-c2cccc(OC)c2)c(C)c2ccccc21. The molecule has 2 nitrogen and oxygen atoms in total. The molecule has 0 N–H and O–H groups in total. The van der Waals surface area contributed by atoms with Gasteiger partial charge in [-0.25, -0.2) is 0 Å². The monoisotopic (exact) mass is 293 g/mol. The molecule has 2 aromatic carbocycles. The molecule has 3 aromatic rings. The molecule has 0 amide bonds. The van der Waals surface area contributed by atoms with Gasteiger partial charge in [-0.15, -0.1) is 0 Å². The van der Waals surface area contributed by atoms with Crippen LogP contribution in [0.1, 0.15) is 25.3 Å². The lowest BCUT2D eigenvalue weighted by Crippen LogP contribution is -2.00. The molecule has 0 bridgehead atoms. The van der Waals surface area contributed by atoms with Crippen LogP contribution in [0.5, 0.6) is 5.75 Å². The minimum absolute atomic E-state index is 0.907. The zero-order valence-electron chi connectivity index (χ0n) is 13.6. The van der Waals surface area contributed by atoms with Crippen LogP contribution in [0.15, 0.2) is 48.5 Å². The van der Waals surface area contributed by atoms with Gasteiger partial charge in [0, 0.05) is 23.0 Å². The van der Waals surface area contributed by atoms with Crippen LogP contribution in [0.2, 0.25) is 0 Å². The fourth-order valence-electron chi connectivity index (χ4n) is 3.17. The van der Waals surface area contributed by atoms with Crippen LogP contribution in [0.3, 0.4) is 0 Å². The Morgan fingerprint density at radius 1 is 1.05 bits per heavy atom. The molecule has 0 aliphatic rings. The number of hydrogen-bond acceptors (Lipinski definition) is 1. The zero-order chi connectivity index (χ0) is 15.5. The summed E-state index contributed by atoms with van der Waals surface area (Å²) < 4.78 is 7.86. The second kappa shape index (κ2) is 6.27. The number of benzene rings is 2. The van der Waals surface area contributed by atoms with E-state index in [9.17, 15) is 0 Å². The Kier molecular flexibility index (Phi) is 4.19. The van der Waals surface area contributed by atoms with Crippen molar-refractivity contribution in [2.75, 3.05) is 7.11 Å². The van der Waals surface area contributed by atoms with Crippen molar-refractivity contribution < 1.29 is 4.74 Å². The predicted molar refractivity (Wildman–Crippen MR) is 93.6 cm³/mol. The summed E-state index contributed by atoms with van der Waals surface area (Å²) in [6, 6.07) is 17.1. The van der Waals surface area contributed by atoms with Crippen LogP contribution in [0.4, 0.5) is 0 Å². The molecule has 0 saturated carbocycles. The summed E-state index contributed by atoms with van der Waals surface area (Å²) in [5.41, 5.74) is 5.21. The molecule has 1 aromatic heterocycles. The van der Waals surface area contributed by atoms with Gasteiger partial charge >= 0.3 is 0 Å². The van der Waals surface area contributed by atoms with Crippen molar-refractivity contribution >= 4 is 10.9 Å². The van der Waals surface area contributed by atoms with Crippen molar-refractivity contribution in [3.05, 3.63) is 54.1 Å². The number of unbranched alkanes of at least 4 members (excludes halogenated alkanes) is 1. The van der Waals surface area contributed by atoms with Gasteiger partial charge in [0.05, 0.1) is 12.8 Å². The summed E-state index contributed by atoms with van der Waals surface area (Å²) >= 11 is 0. The lowest BCUT2D eigenvalue weighted by Gasteiger charge is -2.12. The molecule has 22 heavy (non-hydrogen) atoms. The van der Waals surface area contributed by atoms with E-state index in [1.165, 1.54) is 40.6 Å². The molecule has 114 valence electrons. The first-order chi connectivity index (χ1) is 10.8. The Labute approximate surface area is 132 Å². The van der Waals surface area contributed by atoms with Crippen molar-refractivity contribution in [1.29, 1.82) is 0 Å². The standard InChI is InChI=1S/C20H23NO/c1-4-5-13-21-19-12-7-6-11-18(19)15(2)20(21)16-9-8-10-17(14-16)22-3/h6-12,14H,4-5,13H2,1-3H3. The molecule has 0 unspecified atom stereocenters. The van der Waals surface area contributed by atoms with Crippen LogP contribution >= 0.6 is 0 Å².